The van der Waals surface area contributed by atoms with Gasteiger partial charge in [-0.2, -0.15) is 0 Å². The molecular weight excluding hydrogens is 563 g/mol. The molecule has 2 aromatic carbocycles. The molecule has 0 bridgehead atoms. The molecule has 12 heteroatoms. The molecule has 0 aliphatic heterocycles. The molecule has 3 aromatic rings. The number of pyridine rings is 1. The van der Waals surface area contributed by atoms with Crippen LogP contribution >= 0.6 is 23.2 Å². The van der Waals surface area contributed by atoms with Crippen LogP contribution in [0.1, 0.15) is 18.4 Å². The van der Waals surface area contributed by atoms with Gasteiger partial charge in [-0.1, -0.05) is 65.7 Å². The van der Waals surface area contributed by atoms with Gasteiger partial charge in [-0.05, 0) is 23.8 Å². The maximum atomic E-state index is 12.3. The molecule has 0 radical (unpaired) electrons. The van der Waals surface area contributed by atoms with Crippen molar-refractivity contribution in [3.8, 4) is 5.75 Å². The summed E-state index contributed by atoms with van der Waals surface area (Å²) < 4.78 is 22.4. The number of amides is 1. The first kappa shape index (κ1) is 31.1. The molecular formula is C28H30Cl2N2O8. The largest absolute Gasteiger partial charge is 0.423 e. The van der Waals surface area contributed by atoms with Gasteiger partial charge < -0.3 is 29.1 Å². The van der Waals surface area contributed by atoms with E-state index >= 15 is 0 Å². The third-order valence-electron chi connectivity index (χ3n) is 5.19. The van der Waals surface area contributed by atoms with Crippen LogP contribution in [0.5, 0.6) is 5.75 Å². The van der Waals surface area contributed by atoms with Gasteiger partial charge in [0.2, 0.25) is 5.91 Å². The summed E-state index contributed by atoms with van der Waals surface area (Å²) in [7, 11) is 0. The standard InChI is InChI=1S/C28H30Cl2N2O8/c29-22-8-4-9-23(30)28(22)40-27(35)13-15-37-17-19-38-18-16-36-14-12-25(33)31-24-10-5-11-26(34)32(24)39-20-21-6-2-1-3-7-21/h1-11H,12-20H2,(H,31,33). The Bertz CT molecular complexity index is 1270. The number of hydrogen-bond donors (Lipinski definition) is 1. The molecule has 0 saturated heterocycles. The number of benzene rings is 2. The summed E-state index contributed by atoms with van der Waals surface area (Å²) >= 11 is 11.9. The number of hydrogen-bond acceptors (Lipinski definition) is 8. The molecule has 0 atom stereocenters. The van der Waals surface area contributed by atoms with E-state index in [4.69, 9.17) is 47.0 Å². The smallest absolute Gasteiger partial charge is 0.313 e. The maximum Gasteiger partial charge on any atom is 0.313 e. The third kappa shape index (κ3) is 11.0. The number of rotatable bonds is 17. The topological polar surface area (TPSA) is 114 Å². The van der Waals surface area contributed by atoms with E-state index in [0.717, 1.165) is 10.3 Å². The number of nitrogens with zero attached hydrogens (tertiary/aromatic N) is 1. The van der Waals surface area contributed by atoms with Gasteiger partial charge in [-0.3, -0.25) is 14.4 Å². The number of halogens is 2. The second-order valence-electron chi connectivity index (χ2n) is 8.21. The van der Waals surface area contributed by atoms with Crippen LogP contribution in [-0.4, -0.2) is 56.2 Å². The van der Waals surface area contributed by atoms with Crippen molar-refractivity contribution < 1.29 is 33.4 Å². The molecule has 40 heavy (non-hydrogen) atoms. The summed E-state index contributed by atoms with van der Waals surface area (Å²) in [6.45, 7) is 1.69. The predicted octanol–water partition coefficient (Wildman–Crippen LogP) is 4.16. The molecule has 0 spiro atoms. The number of para-hydroxylation sites is 1. The summed E-state index contributed by atoms with van der Waals surface area (Å²) in [4.78, 5) is 42.0. The number of ether oxygens (including phenoxy) is 4. The fourth-order valence-electron chi connectivity index (χ4n) is 3.23. The van der Waals surface area contributed by atoms with Crippen LogP contribution in [0.25, 0.3) is 0 Å². The normalized spacial score (nSPS) is 10.8. The van der Waals surface area contributed by atoms with Gasteiger partial charge in [-0.25, -0.2) is 0 Å². The van der Waals surface area contributed by atoms with E-state index in [2.05, 4.69) is 5.32 Å². The molecule has 0 aliphatic rings. The Labute approximate surface area is 241 Å². The lowest BCUT2D eigenvalue weighted by Crippen LogP contribution is -2.30. The first-order valence-electron chi connectivity index (χ1n) is 12.5. The van der Waals surface area contributed by atoms with E-state index < -0.39 is 11.5 Å². The van der Waals surface area contributed by atoms with Gasteiger partial charge in [0.1, 0.15) is 6.61 Å². The molecule has 0 unspecified atom stereocenters. The quantitative estimate of drug-likeness (QED) is 0.141. The lowest BCUT2D eigenvalue weighted by Gasteiger charge is -2.14. The zero-order valence-corrected chi connectivity index (χ0v) is 23.2. The molecule has 10 nitrogen and oxygen atoms in total. The van der Waals surface area contributed by atoms with Crippen molar-refractivity contribution in [1.29, 1.82) is 0 Å². The predicted molar refractivity (Wildman–Crippen MR) is 150 cm³/mol. The number of anilines is 1. The van der Waals surface area contributed by atoms with Crippen molar-refractivity contribution in [2.45, 2.75) is 19.4 Å². The lowest BCUT2D eigenvalue weighted by molar-refractivity contribution is -0.135. The van der Waals surface area contributed by atoms with Gasteiger partial charge in [0.25, 0.3) is 5.56 Å². The molecule has 0 fully saturated rings. The Hall–Kier alpha value is -3.41. The van der Waals surface area contributed by atoms with E-state index in [0.29, 0.717) is 13.2 Å². The highest BCUT2D eigenvalue weighted by molar-refractivity contribution is 6.37. The maximum absolute atomic E-state index is 12.3. The van der Waals surface area contributed by atoms with Crippen LogP contribution in [0.2, 0.25) is 10.0 Å². The molecule has 1 aromatic heterocycles. The average Bonchev–Trinajstić information content (AvgIpc) is 2.94. The minimum atomic E-state index is -0.511. The average molecular weight is 593 g/mol. The van der Waals surface area contributed by atoms with Crippen molar-refractivity contribution in [1.82, 2.24) is 4.73 Å². The Balaban J connectivity index is 1.21. The summed E-state index contributed by atoms with van der Waals surface area (Å²) in [6, 6.07) is 18.7. The van der Waals surface area contributed by atoms with E-state index in [1.165, 1.54) is 6.07 Å². The highest BCUT2D eigenvalue weighted by atomic mass is 35.5. The second-order valence-corrected chi connectivity index (χ2v) is 9.03. The van der Waals surface area contributed by atoms with E-state index in [1.54, 1.807) is 30.3 Å². The first-order valence-corrected chi connectivity index (χ1v) is 13.3. The molecule has 214 valence electrons. The molecule has 0 saturated carbocycles. The fourth-order valence-corrected chi connectivity index (χ4v) is 3.70. The molecule has 1 amide bonds. The number of aromatic nitrogens is 1. The van der Waals surface area contributed by atoms with Crippen LogP contribution in [0, 0.1) is 0 Å². The van der Waals surface area contributed by atoms with Crippen molar-refractivity contribution in [3.63, 3.8) is 0 Å². The van der Waals surface area contributed by atoms with E-state index in [9.17, 15) is 14.4 Å². The van der Waals surface area contributed by atoms with Crippen molar-refractivity contribution in [2.24, 2.45) is 0 Å². The number of carbonyl (C=O) groups is 2. The zero-order chi connectivity index (χ0) is 28.6. The van der Waals surface area contributed by atoms with Gasteiger partial charge in [0.15, 0.2) is 11.6 Å². The van der Waals surface area contributed by atoms with E-state index in [-0.39, 0.29) is 73.4 Å². The molecule has 3 rings (SSSR count). The van der Waals surface area contributed by atoms with Crippen LogP contribution in [0.4, 0.5) is 5.82 Å². The third-order valence-corrected chi connectivity index (χ3v) is 5.78. The fraction of sp³-hybridized carbons (Fsp3) is 0.321. The van der Waals surface area contributed by atoms with Crippen molar-refractivity contribution in [2.75, 3.05) is 45.0 Å². The summed E-state index contributed by atoms with van der Waals surface area (Å²) in [5, 5.41) is 3.18. The first-order chi connectivity index (χ1) is 19.4. The van der Waals surface area contributed by atoms with Crippen molar-refractivity contribution in [3.05, 3.63) is 92.7 Å². The molecule has 1 heterocycles. The lowest BCUT2D eigenvalue weighted by atomic mass is 10.2. The summed E-state index contributed by atoms with van der Waals surface area (Å²) in [6.07, 6.45) is 0.116. The Morgan fingerprint density at radius 2 is 1.32 bits per heavy atom. The monoisotopic (exact) mass is 592 g/mol. The second kappa shape index (κ2) is 17.3. The zero-order valence-electron chi connectivity index (χ0n) is 21.7. The van der Waals surface area contributed by atoms with Gasteiger partial charge in [-0.15, -0.1) is 4.73 Å². The Morgan fingerprint density at radius 3 is 2.00 bits per heavy atom. The van der Waals surface area contributed by atoms with Crippen LogP contribution in [0.15, 0.2) is 71.5 Å². The highest BCUT2D eigenvalue weighted by Gasteiger charge is 2.12. The Morgan fingerprint density at radius 1 is 0.725 bits per heavy atom. The van der Waals surface area contributed by atoms with E-state index in [1.807, 2.05) is 30.3 Å². The minimum absolute atomic E-state index is 0.0327. The highest BCUT2D eigenvalue weighted by Crippen LogP contribution is 2.32. The van der Waals surface area contributed by atoms with Gasteiger partial charge in [0, 0.05) is 6.07 Å². The SMILES string of the molecule is O=C(CCOCCOCCOCCC(=O)Oc1c(Cl)cccc1Cl)Nc1cccc(=O)n1OCc1ccccc1. The van der Waals surface area contributed by atoms with Gasteiger partial charge >= 0.3 is 5.97 Å². The van der Waals surface area contributed by atoms with Crippen LogP contribution < -0.4 is 20.5 Å². The number of nitrogens with one attached hydrogen (secondary N) is 1. The van der Waals surface area contributed by atoms with Crippen molar-refractivity contribution >= 4 is 40.9 Å². The van der Waals surface area contributed by atoms with Crippen LogP contribution in [0.3, 0.4) is 0 Å². The number of carbonyl (C=O) groups excluding carboxylic acids is 2. The molecule has 0 aliphatic carbocycles. The van der Waals surface area contributed by atoms with Gasteiger partial charge in [0.05, 0.1) is 62.5 Å². The number of esters is 1. The summed E-state index contributed by atoms with van der Waals surface area (Å²) in [5.74, 6) is -0.474. The summed E-state index contributed by atoms with van der Waals surface area (Å²) in [5.41, 5.74) is 0.491. The van der Waals surface area contributed by atoms with Crippen LogP contribution in [-0.2, 0) is 30.4 Å². The Kier molecular flexibility index (Phi) is 13.5. The minimum Gasteiger partial charge on any atom is -0.423 e. The molecule has 1 N–H and O–H groups in total.